The van der Waals surface area contributed by atoms with Crippen LogP contribution in [0.15, 0.2) is 65.7 Å². The molecule has 0 fully saturated rings. The van der Waals surface area contributed by atoms with E-state index in [1.807, 2.05) is 12.1 Å². The van der Waals surface area contributed by atoms with Gasteiger partial charge in [0.15, 0.2) is 0 Å². The molecule has 25 heavy (non-hydrogen) atoms. The lowest BCUT2D eigenvalue weighted by atomic mass is 9.82. The van der Waals surface area contributed by atoms with E-state index in [1.165, 1.54) is 36.8 Å². The Kier molecular flexibility index (Phi) is 7.56. The van der Waals surface area contributed by atoms with Crippen LogP contribution in [0.2, 0.25) is 5.02 Å². The second-order valence-corrected chi connectivity index (χ2v) is 7.29. The number of benzene rings is 2. The molecule has 2 aromatic carbocycles. The Hall–Kier alpha value is -1.28. The molecule has 0 heterocycles. The number of hydrogen-bond acceptors (Lipinski definition) is 1. The Morgan fingerprint density at radius 3 is 2.24 bits per heavy atom. The third kappa shape index (κ3) is 4.88. The van der Waals surface area contributed by atoms with Crippen LogP contribution in [-0.4, -0.2) is 19.0 Å². The van der Waals surface area contributed by atoms with Gasteiger partial charge in [-0.1, -0.05) is 65.7 Å². The highest BCUT2D eigenvalue weighted by Crippen LogP contribution is 2.38. The monoisotopic (exact) mass is 375 g/mol. The number of hydrogen-bond donors (Lipinski definition) is 0. The highest BCUT2D eigenvalue weighted by Gasteiger charge is 2.24. The zero-order valence-electron chi connectivity index (χ0n) is 15.0. The zero-order chi connectivity index (χ0) is 16.9. The summed E-state index contributed by atoms with van der Waals surface area (Å²) < 4.78 is 0. The summed E-state index contributed by atoms with van der Waals surface area (Å²) in [6, 6.07) is 19.5. The maximum atomic E-state index is 6.42. The van der Waals surface area contributed by atoms with Crippen molar-refractivity contribution in [2.75, 3.05) is 14.1 Å². The summed E-state index contributed by atoms with van der Waals surface area (Å²) in [7, 11) is 4.37. The molecule has 1 aliphatic carbocycles. The Morgan fingerprint density at radius 1 is 0.920 bits per heavy atom. The number of likely N-dealkylation sites (N-methyl/N-ethyl adjacent to an activating group) is 1. The molecule has 0 spiro atoms. The summed E-state index contributed by atoms with van der Waals surface area (Å²) in [5.41, 5.74) is 5.81. The lowest BCUT2D eigenvalue weighted by Crippen LogP contribution is -2.24. The smallest absolute Gasteiger partial charge is 0.0558 e. The summed E-state index contributed by atoms with van der Waals surface area (Å²) in [4.78, 5) is 2.35. The normalized spacial score (nSPS) is 15.8. The van der Waals surface area contributed by atoms with Gasteiger partial charge < -0.3 is 0 Å². The second-order valence-electron chi connectivity index (χ2n) is 6.88. The van der Waals surface area contributed by atoms with Gasteiger partial charge in [-0.25, -0.2) is 0 Å². The molecular formula is C22H27Cl2N. The van der Waals surface area contributed by atoms with Crippen molar-refractivity contribution in [2.24, 2.45) is 0 Å². The van der Waals surface area contributed by atoms with Gasteiger partial charge in [0.1, 0.15) is 0 Å². The molecule has 3 heteroatoms. The molecule has 0 amide bonds. The van der Waals surface area contributed by atoms with Crippen molar-refractivity contribution in [2.45, 2.75) is 38.1 Å². The summed E-state index contributed by atoms with van der Waals surface area (Å²) >= 11 is 6.42. The van der Waals surface area contributed by atoms with Gasteiger partial charge in [-0.15, -0.1) is 12.4 Å². The quantitative estimate of drug-likeness (QED) is 0.540. The van der Waals surface area contributed by atoms with Crippen molar-refractivity contribution in [3.8, 4) is 0 Å². The second kappa shape index (κ2) is 9.43. The predicted molar refractivity (Wildman–Crippen MR) is 111 cm³/mol. The topological polar surface area (TPSA) is 3.24 Å². The first-order valence-corrected chi connectivity index (χ1v) is 9.20. The molecule has 0 saturated heterocycles. The van der Waals surface area contributed by atoms with Gasteiger partial charge in [-0.2, -0.15) is 0 Å². The third-order valence-electron chi connectivity index (χ3n) is 4.95. The Balaban J connectivity index is 0.00000225. The van der Waals surface area contributed by atoms with E-state index < -0.39 is 0 Å². The van der Waals surface area contributed by atoms with Gasteiger partial charge in [0.2, 0.25) is 0 Å². The van der Waals surface area contributed by atoms with Gasteiger partial charge in [-0.05, 0) is 69.0 Å². The van der Waals surface area contributed by atoms with E-state index in [2.05, 4.69) is 61.5 Å². The molecule has 1 unspecified atom stereocenters. The summed E-state index contributed by atoms with van der Waals surface area (Å²) in [5.74, 6) is 0. The van der Waals surface area contributed by atoms with E-state index in [0.717, 1.165) is 11.4 Å². The predicted octanol–water partition coefficient (Wildman–Crippen LogP) is 6.48. The fourth-order valence-electron chi connectivity index (χ4n) is 3.84. The van der Waals surface area contributed by atoms with E-state index in [9.17, 15) is 0 Å². The van der Waals surface area contributed by atoms with Gasteiger partial charge in [0.05, 0.1) is 6.04 Å². The molecule has 0 bridgehead atoms. The first-order chi connectivity index (χ1) is 11.7. The van der Waals surface area contributed by atoms with Crippen molar-refractivity contribution >= 4 is 24.0 Å². The van der Waals surface area contributed by atoms with Crippen molar-refractivity contribution in [1.29, 1.82) is 0 Å². The first kappa shape index (κ1) is 20.0. The maximum absolute atomic E-state index is 6.42. The van der Waals surface area contributed by atoms with Crippen molar-refractivity contribution < 1.29 is 0 Å². The van der Waals surface area contributed by atoms with Crippen molar-refractivity contribution in [3.05, 3.63) is 81.9 Å². The molecule has 1 aliphatic rings. The minimum Gasteiger partial charge on any atom is -0.299 e. The first-order valence-electron chi connectivity index (χ1n) is 8.82. The fourth-order valence-corrected chi connectivity index (χ4v) is 4.04. The van der Waals surface area contributed by atoms with E-state index in [-0.39, 0.29) is 12.4 Å². The van der Waals surface area contributed by atoms with Crippen molar-refractivity contribution in [3.63, 3.8) is 0 Å². The SMILES string of the molecule is CN(C)C(C1=C(Cc2ccccc2Cl)CCCC1)c1ccccc1.Cl. The lowest BCUT2D eigenvalue weighted by Gasteiger charge is -2.32. The molecule has 1 nitrogen and oxygen atoms in total. The largest absolute Gasteiger partial charge is 0.299 e. The van der Waals surface area contributed by atoms with Crippen LogP contribution in [0.5, 0.6) is 0 Å². The number of halogens is 2. The van der Waals surface area contributed by atoms with Crippen LogP contribution < -0.4 is 0 Å². The Labute approximate surface area is 163 Å². The molecule has 3 rings (SSSR count). The van der Waals surface area contributed by atoms with Gasteiger partial charge in [0.25, 0.3) is 0 Å². The number of nitrogens with zero attached hydrogens (tertiary/aromatic N) is 1. The van der Waals surface area contributed by atoms with Crippen LogP contribution in [0.1, 0.15) is 42.9 Å². The van der Waals surface area contributed by atoms with Gasteiger partial charge in [0, 0.05) is 5.02 Å². The minimum absolute atomic E-state index is 0. The van der Waals surface area contributed by atoms with Crippen LogP contribution in [0, 0.1) is 0 Å². The van der Waals surface area contributed by atoms with Crippen molar-refractivity contribution in [1.82, 2.24) is 4.90 Å². The zero-order valence-corrected chi connectivity index (χ0v) is 16.6. The van der Waals surface area contributed by atoms with Crippen LogP contribution in [0.4, 0.5) is 0 Å². The summed E-state index contributed by atoms with van der Waals surface area (Å²) in [5, 5.41) is 0.885. The molecule has 2 aromatic rings. The number of allylic oxidation sites excluding steroid dienone is 1. The molecule has 1 atom stereocenters. The van der Waals surface area contributed by atoms with Crippen LogP contribution >= 0.6 is 24.0 Å². The van der Waals surface area contributed by atoms with E-state index in [0.29, 0.717) is 6.04 Å². The molecule has 0 aliphatic heterocycles. The van der Waals surface area contributed by atoms with E-state index >= 15 is 0 Å². The molecular weight excluding hydrogens is 349 g/mol. The lowest BCUT2D eigenvalue weighted by molar-refractivity contribution is 0.323. The number of rotatable bonds is 5. The highest BCUT2D eigenvalue weighted by molar-refractivity contribution is 6.31. The summed E-state index contributed by atoms with van der Waals surface area (Å²) in [6.07, 6.45) is 5.94. The van der Waals surface area contributed by atoms with Gasteiger partial charge in [-0.3, -0.25) is 4.90 Å². The van der Waals surface area contributed by atoms with Crippen LogP contribution in [0.3, 0.4) is 0 Å². The Bertz CT molecular complexity index is 707. The third-order valence-corrected chi connectivity index (χ3v) is 5.32. The molecule has 0 aromatic heterocycles. The maximum Gasteiger partial charge on any atom is 0.0558 e. The average molecular weight is 376 g/mol. The summed E-state index contributed by atoms with van der Waals surface area (Å²) in [6.45, 7) is 0. The molecule has 0 N–H and O–H groups in total. The van der Waals surface area contributed by atoms with Gasteiger partial charge >= 0.3 is 0 Å². The highest BCUT2D eigenvalue weighted by atomic mass is 35.5. The average Bonchev–Trinajstić information content (AvgIpc) is 2.59. The fraction of sp³-hybridized carbons (Fsp3) is 0.364. The standard InChI is InChI=1S/C22H26ClN.ClH/c1-24(2)22(17-10-4-3-5-11-17)20-14-8-6-12-18(20)16-19-13-7-9-15-21(19)23;/h3-5,7,9-11,13,15,22H,6,8,12,14,16H2,1-2H3;1H. The van der Waals surface area contributed by atoms with E-state index in [1.54, 1.807) is 11.1 Å². The Morgan fingerprint density at radius 2 is 1.56 bits per heavy atom. The minimum atomic E-state index is 0. The van der Waals surface area contributed by atoms with Crippen LogP contribution in [0.25, 0.3) is 0 Å². The van der Waals surface area contributed by atoms with E-state index in [4.69, 9.17) is 11.6 Å². The molecule has 0 saturated carbocycles. The molecule has 0 radical (unpaired) electrons. The molecule has 134 valence electrons. The van der Waals surface area contributed by atoms with Crippen LogP contribution in [-0.2, 0) is 6.42 Å².